The fourth-order valence-corrected chi connectivity index (χ4v) is 9.74. The van der Waals surface area contributed by atoms with Gasteiger partial charge in [-0.15, -0.1) is 0 Å². The first kappa shape index (κ1) is 40.4. The maximum absolute atomic E-state index is 13.0. The van der Waals surface area contributed by atoms with E-state index in [1.165, 1.54) is 10.6 Å². The van der Waals surface area contributed by atoms with Gasteiger partial charge in [0.2, 0.25) is 5.91 Å². The molecule has 0 bridgehead atoms. The summed E-state index contributed by atoms with van der Waals surface area (Å²) in [7, 11) is 3.55. The molecule has 0 spiro atoms. The lowest BCUT2D eigenvalue weighted by molar-refractivity contribution is -0.137. The molecule has 0 radical (unpaired) electrons. The quantitative estimate of drug-likeness (QED) is 0.207. The number of likely N-dealkylation sites (tertiary alicyclic amines) is 1. The van der Waals surface area contributed by atoms with Crippen LogP contribution in [-0.4, -0.2) is 149 Å². The van der Waals surface area contributed by atoms with Gasteiger partial charge in [-0.2, -0.15) is 0 Å². The van der Waals surface area contributed by atoms with Gasteiger partial charge in [-0.1, -0.05) is 24.3 Å². The number of carbonyl (C=O) groups is 5. The Hall–Kier alpha value is -6.01. The van der Waals surface area contributed by atoms with Crippen molar-refractivity contribution in [3.8, 4) is 0 Å². The minimum Gasteiger partial charge on any atom is -0.372 e. The molecular weight excluding hydrogens is 779 g/mol. The number of hydrogen-bond donors (Lipinski definition) is 4. The molecule has 6 aliphatic heterocycles. The summed E-state index contributed by atoms with van der Waals surface area (Å²) in [5.41, 5.74) is 13.2. The first-order chi connectivity index (χ1) is 29.5. The summed E-state index contributed by atoms with van der Waals surface area (Å²) in [6, 6.07) is 15.8. The van der Waals surface area contributed by atoms with Crippen LogP contribution in [0.5, 0.6) is 0 Å². The van der Waals surface area contributed by atoms with Crippen LogP contribution >= 0.6 is 0 Å². The average molecular weight is 834 g/mol. The van der Waals surface area contributed by atoms with Gasteiger partial charge >= 0.3 is 12.1 Å². The normalized spacial score (nSPS) is 24.5. The molecule has 2 aromatic carbocycles. The molecule has 2 unspecified atom stereocenters. The average Bonchev–Trinajstić information content (AvgIpc) is 3.75. The van der Waals surface area contributed by atoms with E-state index in [-0.39, 0.29) is 36.1 Å². The Morgan fingerprint density at radius 2 is 1.57 bits per heavy atom. The highest BCUT2D eigenvalue weighted by molar-refractivity contribution is 6.01. The molecule has 9 rings (SSSR count). The van der Waals surface area contributed by atoms with Crippen molar-refractivity contribution in [1.82, 2.24) is 45.3 Å². The zero-order valence-electron chi connectivity index (χ0n) is 34.8. The van der Waals surface area contributed by atoms with E-state index < -0.39 is 24.0 Å². The Morgan fingerprint density at radius 1 is 0.836 bits per heavy atom. The number of piperidine rings is 3. The molecule has 18 nitrogen and oxygen atoms in total. The Bertz CT molecular complexity index is 2160. The lowest BCUT2D eigenvalue weighted by atomic mass is 9.88. The number of likely N-dealkylation sites (N-methyl/N-ethyl adjacent to an activating group) is 1. The Morgan fingerprint density at radius 3 is 2.26 bits per heavy atom. The molecule has 3 atom stereocenters. The molecule has 1 aromatic heterocycles. The minimum atomic E-state index is -0.722. The zero-order chi connectivity index (χ0) is 42.4. The second-order valence-corrected chi connectivity index (χ2v) is 17.4. The van der Waals surface area contributed by atoms with Crippen molar-refractivity contribution in [1.29, 1.82) is 0 Å². The van der Waals surface area contributed by atoms with E-state index >= 15 is 0 Å². The van der Waals surface area contributed by atoms with Gasteiger partial charge in [-0.05, 0) is 73.4 Å². The summed E-state index contributed by atoms with van der Waals surface area (Å²) < 4.78 is 0. The maximum Gasteiger partial charge on any atom is 0.336 e. The largest absolute Gasteiger partial charge is 0.372 e. The molecule has 3 aromatic rings. The summed E-state index contributed by atoms with van der Waals surface area (Å²) in [5, 5.41) is 6.99. The van der Waals surface area contributed by atoms with Crippen LogP contribution in [0.1, 0.15) is 72.2 Å². The van der Waals surface area contributed by atoms with E-state index in [0.717, 1.165) is 95.0 Å². The number of nitrogens with two attached hydrogens (primary N) is 1. The fourth-order valence-electron chi connectivity index (χ4n) is 9.74. The van der Waals surface area contributed by atoms with Gasteiger partial charge in [0.05, 0.1) is 12.2 Å². The number of benzene rings is 2. The molecule has 6 fully saturated rings. The van der Waals surface area contributed by atoms with E-state index in [1.54, 1.807) is 23.0 Å². The summed E-state index contributed by atoms with van der Waals surface area (Å²) >= 11 is 0. The van der Waals surface area contributed by atoms with Crippen LogP contribution in [0, 0.1) is 5.92 Å². The highest BCUT2D eigenvalue weighted by atomic mass is 16.2. The van der Waals surface area contributed by atoms with Crippen molar-refractivity contribution in [2.45, 2.75) is 62.7 Å². The van der Waals surface area contributed by atoms with Crippen LogP contribution in [0.2, 0.25) is 0 Å². The molecular formula is C43H55N13O5. The molecule has 7 amide bonds. The number of hydrazine groups is 1. The van der Waals surface area contributed by atoms with Gasteiger partial charge < -0.3 is 40.4 Å². The Kier molecular flexibility index (Phi) is 11.1. The van der Waals surface area contributed by atoms with E-state index in [4.69, 9.17) is 10.7 Å². The van der Waals surface area contributed by atoms with Gasteiger partial charge in [0.25, 0.3) is 11.8 Å². The molecule has 18 heteroatoms. The number of nitrogens with zero attached hydrogens (tertiary/aromatic N) is 9. The Labute approximate surface area is 355 Å². The standard InChI is InChI=1S/C43H55N13O5/c1-50-20-21-55(42(50)60)33-4-3-17-54(26-33)35-22-45-37(38(44)58)39(47-35)46-31-9-5-28(6-10-31)30-24-52(25-30)23-27-15-18-53(19-16-27)32-11-7-29(8-12-32)40-49-56(43(61)51(40)2)34-13-14-36(57)48-41(34)59/h5-12,22,27,30,33-34,40,49H,3-4,13-21,23-26H2,1-2H3,(H2,44,58)(H,46,47)(H,48,57,59)/t33-,34?,40?/m1/s1. The number of primary amides is 1. The first-order valence-corrected chi connectivity index (χ1v) is 21.5. The second-order valence-electron chi connectivity index (χ2n) is 17.4. The maximum atomic E-state index is 13.0. The highest BCUT2D eigenvalue weighted by Gasteiger charge is 2.44. The molecule has 7 heterocycles. The van der Waals surface area contributed by atoms with E-state index in [2.05, 4.69) is 60.0 Å². The monoisotopic (exact) mass is 833 g/mol. The molecule has 0 aliphatic carbocycles. The smallest absolute Gasteiger partial charge is 0.336 e. The first-order valence-electron chi connectivity index (χ1n) is 21.5. The van der Waals surface area contributed by atoms with Crippen molar-refractivity contribution in [2.24, 2.45) is 11.7 Å². The molecule has 61 heavy (non-hydrogen) atoms. The number of carbonyl (C=O) groups excluding carboxylic acids is 5. The predicted molar refractivity (Wildman–Crippen MR) is 228 cm³/mol. The van der Waals surface area contributed by atoms with Crippen LogP contribution < -0.4 is 31.6 Å². The summed E-state index contributed by atoms with van der Waals surface area (Å²) in [4.78, 5) is 83.7. The van der Waals surface area contributed by atoms with E-state index in [0.29, 0.717) is 36.4 Å². The van der Waals surface area contributed by atoms with Crippen molar-refractivity contribution in [3.05, 3.63) is 71.5 Å². The molecule has 5 N–H and O–H groups in total. The number of rotatable bonds is 11. The third-order valence-electron chi connectivity index (χ3n) is 13.4. The summed E-state index contributed by atoms with van der Waals surface area (Å²) in [5.74, 6) is 0.658. The van der Waals surface area contributed by atoms with Gasteiger partial charge in [0.1, 0.15) is 18.0 Å². The SMILES string of the molecule is CN1CCN([C@@H]2CCCN(c3cnc(C(N)=O)c(Nc4ccc(C5CN(CC6CCN(c7ccc(C8NN(C9CCC(=O)NC9=O)C(=O)N8C)cc7)CC6)C5)cc4)n3)C2)C1=O. The summed E-state index contributed by atoms with van der Waals surface area (Å²) in [6.45, 7) is 8.02. The molecule has 0 saturated carbocycles. The lowest BCUT2D eigenvalue weighted by Gasteiger charge is -2.43. The summed E-state index contributed by atoms with van der Waals surface area (Å²) in [6.07, 6.45) is 5.81. The van der Waals surface area contributed by atoms with Crippen LogP contribution in [0.3, 0.4) is 0 Å². The van der Waals surface area contributed by atoms with Crippen LogP contribution in [0.25, 0.3) is 0 Å². The van der Waals surface area contributed by atoms with Gasteiger partial charge in [0.15, 0.2) is 11.5 Å². The fraction of sp³-hybridized carbons (Fsp3) is 0.512. The van der Waals surface area contributed by atoms with Crippen molar-refractivity contribution < 1.29 is 24.0 Å². The third kappa shape index (κ3) is 8.25. The highest BCUT2D eigenvalue weighted by Crippen LogP contribution is 2.34. The topological polar surface area (TPSA) is 196 Å². The van der Waals surface area contributed by atoms with Crippen LogP contribution in [0.4, 0.5) is 32.6 Å². The number of amides is 7. The third-order valence-corrected chi connectivity index (χ3v) is 13.4. The zero-order valence-corrected chi connectivity index (χ0v) is 34.8. The van der Waals surface area contributed by atoms with E-state index in [1.807, 2.05) is 36.2 Å². The van der Waals surface area contributed by atoms with Crippen molar-refractivity contribution in [2.75, 3.05) is 88.1 Å². The Balaban J connectivity index is 0.735. The number of imide groups is 1. The predicted octanol–water partition coefficient (Wildman–Crippen LogP) is 2.65. The number of aromatic nitrogens is 2. The van der Waals surface area contributed by atoms with Gasteiger partial charge in [-0.3, -0.25) is 19.7 Å². The number of anilines is 4. The lowest BCUT2D eigenvalue weighted by Crippen LogP contribution is -2.56. The number of nitrogens with one attached hydrogen (secondary N) is 3. The second kappa shape index (κ2) is 16.8. The molecule has 6 aliphatic rings. The van der Waals surface area contributed by atoms with Gasteiger partial charge in [0, 0.05) is 96.7 Å². The molecule has 322 valence electrons. The molecule has 6 saturated heterocycles. The number of urea groups is 2. The van der Waals surface area contributed by atoms with E-state index in [9.17, 15) is 24.0 Å². The minimum absolute atomic E-state index is 0.0671. The number of hydrogen-bond acceptors (Lipinski definition) is 12. The van der Waals surface area contributed by atoms with Crippen LogP contribution in [-0.2, 0) is 9.59 Å². The van der Waals surface area contributed by atoms with Crippen molar-refractivity contribution in [3.63, 3.8) is 0 Å². The van der Waals surface area contributed by atoms with Crippen LogP contribution in [0.15, 0.2) is 54.7 Å². The van der Waals surface area contributed by atoms with Crippen molar-refractivity contribution >= 4 is 52.8 Å². The van der Waals surface area contributed by atoms with Gasteiger partial charge in [-0.25, -0.2) is 30.0 Å².